The summed E-state index contributed by atoms with van der Waals surface area (Å²) in [5, 5.41) is 11.7. The van der Waals surface area contributed by atoms with Crippen molar-refractivity contribution in [1.29, 1.82) is 0 Å². The van der Waals surface area contributed by atoms with Crippen LogP contribution in [0.3, 0.4) is 0 Å². The van der Waals surface area contributed by atoms with E-state index < -0.39 is 5.60 Å². The zero-order valence-corrected chi connectivity index (χ0v) is 12.8. The van der Waals surface area contributed by atoms with Gasteiger partial charge in [0.2, 0.25) is 0 Å². The summed E-state index contributed by atoms with van der Waals surface area (Å²) in [6.07, 6.45) is 11.8. The van der Waals surface area contributed by atoms with Gasteiger partial charge in [-0.3, -0.25) is 0 Å². The molecule has 1 heteroatoms. The highest BCUT2D eigenvalue weighted by Gasteiger charge is 2.59. The number of fused-ring (bicyclic) bond motifs is 2. The lowest BCUT2D eigenvalue weighted by Crippen LogP contribution is -2.60. The van der Waals surface area contributed by atoms with Crippen LogP contribution in [0.2, 0.25) is 0 Å². The predicted molar refractivity (Wildman–Crippen MR) is 79.7 cm³/mol. The second-order valence-electron chi connectivity index (χ2n) is 7.75. The Morgan fingerprint density at radius 1 is 1.11 bits per heavy atom. The van der Waals surface area contributed by atoms with E-state index in [1.165, 1.54) is 18.4 Å². The van der Waals surface area contributed by atoms with Crippen molar-refractivity contribution in [2.75, 3.05) is 0 Å². The van der Waals surface area contributed by atoms with Gasteiger partial charge in [-0.15, -0.1) is 0 Å². The Balaban J connectivity index is 2.05. The topological polar surface area (TPSA) is 20.2 Å². The average Bonchev–Trinajstić information content (AvgIpc) is 2.86. The normalized spacial score (nSPS) is 43.9. The molecule has 4 rings (SSSR count). The van der Waals surface area contributed by atoms with Crippen LogP contribution in [0, 0.1) is 29.1 Å². The number of aliphatic hydroxyl groups is 1. The molecule has 2 bridgehead atoms. The lowest BCUT2D eigenvalue weighted by atomic mass is 9.49. The number of hydrogen-bond acceptors (Lipinski definition) is 1. The molecule has 0 aromatic heterocycles. The van der Waals surface area contributed by atoms with Gasteiger partial charge in [-0.2, -0.15) is 0 Å². The minimum absolute atomic E-state index is 0.0199. The third-order valence-electron chi connectivity index (χ3n) is 6.30. The molecule has 0 amide bonds. The van der Waals surface area contributed by atoms with Crippen molar-refractivity contribution in [2.24, 2.45) is 29.1 Å². The lowest BCUT2D eigenvalue weighted by Gasteiger charge is -2.59. The number of rotatable bonds is 2. The van der Waals surface area contributed by atoms with E-state index in [1.54, 1.807) is 0 Å². The van der Waals surface area contributed by atoms with Gasteiger partial charge in [-0.1, -0.05) is 45.9 Å². The molecule has 1 fully saturated rings. The Morgan fingerprint density at radius 3 is 2.26 bits per heavy atom. The molecule has 4 aliphatic rings. The number of hydrogen-bond donors (Lipinski definition) is 1. The third-order valence-corrected chi connectivity index (χ3v) is 6.30. The molecule has 0 unspecified atom stereocenters. The zero-order valence-electron chi connectivity index (χ0n) is 12.8. The molecule has 1 nitrogen and oxygen atoms in total. The fourth-order valence-corrected chi connectivity index (χ4v) is 4.97. The first kappa shape index (κ1) is 13.4. The Labute approximate surface area is 117 Å². The number of allylic oxidation sites excluding steroid dienone is 2. The summed E-state index contributed by atoms with van der Waals surface area (Å²) in [4.78, 5) is 0. The molecule has 0 radical (unpaired) electrons. The predicted octanol–water partition coefficient (Wildman–Crippen LogP) is 4.33. The lowest BCUT2D eigenvalue weighted by molar-refractivity contribution is -0.128. The van der Waals surface area contributed by atoms with E-state index in [9.17, 15) is 5.11 Å². The van der Waals surface area contributed by atoms with E-state index in [2.05, 4.69) is 45.9 Å². The maximum Gasteiger partial charge on any atom is 0.0977 e. The first-order chi connectivity index (χ1) is 8.89. The molecule has 0 heterocycles. The molecule has 4 atom stereocenters. The van der Waals surface area contributed by atoms with E-state index in [1.807, 2.05) is 0 Å². The average molecular weight is 260 g/mol. The fraction of sp³-hybridized carbons (Fsp3) is 0.778. The highest BCUT2D eigenvalue weighted by Crippen LogP contribution is 2.60. The molecule has 0 spiro atoms. The molecule has 4 aliphatic carbocycles. The maximum absolute atomic E-state index is 11.7. The van der Waals surface area contributed by atoms with Gasteiger partial charge in [0.25, 0.3) is 0 Å². The first-order valence-corrected chi connectivity index (χ1v) is 8.00. The van der Waals surface area contributed by atoms with Crippen LogP contribution < -0.4 is 0 Å². The summed E-state index contributed by atoms with van der Waals surface area (Å²) in [6.45, 7) is 9.17. The standard InChI is InChI=1S/C18H28O/c1-12(2)15-6-5-7-16(15)18(19)14-10-8-13(9-11-14)17(18,3)4/h7-8,10,12-15,19H,5-6,9,11H2,1-4H3/t13-,14+,15+,18+/m0/s1. The molecule has 19 heavy (non-hydrogen) atoms. The SMILES string of the molecule is CC(C)[C@H]1CCC=C1[C@]1(O)[C@@H]2C=C[C@@H](CC2)C1(C)C. The van der Waals surface area contributed by atoms with Crippen molar-refractivity contribution in [3.05, 3.63) is 23.8 Å². The molecule has 1 saturated carbocycles. The third kappa shape index (κ3) is 1.63. The Morgan fingerprint density at radius 2 is 1.74 bits per heavy atom. The van der Waals surface area contributed by atoms with Crippen molar-refractivity contribution in [2.45, 2.75) is 59.0 Å². The van der Waals surface area contributed by atoms with E-state index in [-0.39, 0.29) is 5.41 Å². The van der Waals surface area contributed by atoms with Crippen LogP contribution in [0.4, 0.5) is 0 Å². The summed E-state index contributed by atoms with van der Waals surface area (Å²) < 4.78 is 0. The van der Waals surface area contributed by atoms with Gasteiger partial charge in [-0.25, -0.2) is 0 Å². The molecule has 0 aromatic rings. The van der Waals surface area contributed by atoms with Crippen LogP contribution in [0.25, 0.3) is 0 Å². The molecule has 106 valence electrons. The summed E-state index contributed by atoms with van der Waals surface area (Å²) in [6, 6.07) is 0. The van der Waals surface area contributed by atoms with E-state index in [0.29, 0.717) is 23.7 Å². The van der Waals surface area contributed by atoms with Crippen LogP contribution in [0.15, 0.2) is 23.8 Å². The molecule has 1 N–H and O–H groups in total. The molecule has 0 aromatic carbocycles. The second-order valence-corrected chi connectivity index (χ2v) is 7.75. The van der Waals surface area contributed by atoms with Crippen LogP contribution in [0.1, 0.15) is 53.4 Å². The van der Waals surface area contributed by atoms with Gasteiger partial charge in [0, 0.05) is 11.3 Å². The van der Waals surface area contributed by atoms with Crippen molar-refractivity contribution in [1.82, 2.24) is 0 Å². The summed E-state index contributed by atoms with van der Waals surface area (Å²) >= 11 is 0. The highest BCUT2D eigenvalue weighted by molar-refractivity contribution is 5.36. The van der Waals surface area contributed by atoms with Crippen LogP contribution >= 0.6 is 0 Å². The summed E-state index contributed by atoms with van der Waals surface area (Å²) in [5.41, 5.74) is 0.746. The Kier molecular flexibility index (Phi) is 2.98. The molecule has 0 saturated heterocycles. The molecule has 0 aliphatic heterocycles. The van der Waals surface area contributed by atoms with Gasteiger partial charge < -0.3 is 5.11 Å². The van der Waals surface area contributed by atoms with Gasteiger partial charge >= 0.3 is 0 Å². The van der Waals surface area contributed by atoms with Crippen molar-refractivity contribution < 1.29 is 5.11 Å². The Hall–Kier alpha value is -0.560. The summed E-state index contributed by atoms with van der Waals surface area (Å²) in [5.74, 6) is 2.09. The second kappa shape index (κ2) is 4.22. The van der Waals surface area contributed by atoms with Gasteiger partial charge in [0.05, 0.1) is 5.60 Å². The van der Waals surface area contributed by atoms with Crippen LogP contribution in [-0.2, 0) is 0 Å². The quantitative estimate of drug-likeness (QED) is 0.733. The van der Waals surface area contributed by atoms with Gasteiger partial charge in [-0.05, 0) is 49.0 Å². The summed E-state index contributed by atoms with van der Waals surface area (Å²) in [7, 11) is 0. The maximum atomic E-state index is 11.7. The zero-order chi connectivity index (χ0) is 13.8. The van der Waals surface area contributed by atoms with Gasteiger partial charge in [0.1, 0.15) is 0 Å². The Bertz CT molecular complexity index is 429. The highest BCUT2D eigenvalue weighted by atomic mass is 16.3. The largest absolute Gasteiger partial charge is 0.384 e. The fourth-order valence-electron chi connectivity index (χ4n) is 4.97. The molecular weight excluding hydrogens is 232 g/mol. The van der Waals surface area contributed by atoms with Gasteiger partial charge in [0.15, 0.2) is 0 Å². The van der Waals surface area contributed by atoms with Crippen molar-refractivity contribution in [3.63, 3.8) is 0 Å². The monoisotopic (exact) mass is 260 g/mol. The smallest absolute Gasteiger partial charge is 0.0977 e. The first-order valence-electron chi connectivity index (χ1n) is 8.00. The van der Waals surface area contributed by atoms with Crippen LogP contribution in [-0.4, -0.2) is 10.7 Å². The van der Waals surface area contributed by atoms with E-state index >= 15 is 0 Å². The van der Waals surface area contributed by atoms with E-state index in [0.717, 1.165) is 12.8 Å². The minimum atomic E-state index is -0.601. The van der Waals surface area contributed by atoms with Crippen molar-refractivity contribution in [3.8, 4) is 0 Å². The molecular formula is C18H28O. The van der Waals surface area contributed by atoms with Crippen molar-refractivity contribution >= 4 is 0 Å². The van der Waals surface area contributed by atoms with Crippen LogP contribution in [0.5, 0.6) is 0 Å². The van der Waals surface area contributed by atoms with E-state index in [4.69, 9.17) is 0 Å². The minimum Gasteiger partial charge on any atom is -0.384 e.